The molecule has 1 unspecified atom stereocenters. The zero-order valence-corrected chi connectivity index (χ0v) is 16.4. The monoisotopic (exact) mass is 430 g/mol. The van der Waals surface area contributed by atoms with E-state index in [2.05, 4.69) is 21.2 Å². The molecule has 1 N–H and O–H groups in total. The van der Waals surface area contributed by atoms with Gasteiger partial charge in [-0.25, -0.2) is 4.39 Å². The number of halogens is 3. The summed E-state index contributed by atoms with van der Waals surface area (Å²) >= 11 is 3.28. The summed E-state index contributed by atoms with van der Waals surface area (Å²) in [5, 5.41) is 3.01. The van der Waals surface area contributed by atoms with E-state index >= 15 is 0 Å². The van der Waals surface area contributed by atoms with Gasteiger partial charge in [-0.05, 0) is 41.2 Å². The van der Waals surface area contributed by atoms with Crippen LogP contribution in [0.2, 0.25) is 0 Å². The molecule has 0 spiro atoms. The zero-order valence-electron chi connectivity index (χ0n) is 14.0. The maximum atomic E-state index is 13.3. The van der Waals surface area contributed by atoms with Crippen molar-refractivity contribution in [1.29, 1.82) is 0 Å². The predicted octanol–water partition coefficient (Wildman–Crippen LogP) is 3.81. The van der Waals surface area contributed by atoms with Crippen LogP contribution in [0.5, 0.6) is 5.75 Å². The highest BCUT2D eigenvalue weighted by atomic mass is 79.9. The van der Waals surface area contributed by atoms with E-state index in [9.17, 15) is 9.18 Å². The Morgan fingerprint density at radius 1 is 1.28 bits per heavy atom. The number of nitrogens with one attached hydrogen (secondary N) is 1. The molecule has 0 fully saturated rings. The van der Waals surface area contributed by atoms with Gasteiger partial charge in [-0.3, -0.25) is 4.79 Å². The summed E-state index contributed by atoms with van der Waals surface area (Å²) in [5.41, 5.74) is 0.745. The Balaban J connectivity index is 0.00000312. The molecule has 0 bridgehead atoms. The second-order valence-corrected chi connectivity index (χ2v) is 6.20. The molecule has 0 aromatic heterocycles. The van der Waals surface area contributed by atoms with E-state index in [1.165, 1.54) is 18.2 Å². The Labute approximate surface area is 161 Å². The first kappa shape index (κ1) is 21.4. The Morgan fingerprint density at radius 3 is 2.56 bits per heavy atom. The van der Waals surface area contributed by atoms with Crippen LogP contribution in [0.4, 0.5) is 4.39 Å². The summed E-state index contributed by atoms with van der Waals surface area (Å²) < 4.78 is 19.7. The van der Waals surface area contributed by atoms with Gasteiger partial charge in [-0.1, -0.05) is 30.3 Å². The lowest BCUT2D eigenvalue weighted by Crippen LogP contribution is -2.38. The second-order valence-electron chi connectivity index (χ2n) is 5.35. The molecule has 2 aromatic rings. The molecule has 0 radical (unpaired) electrons. The average Bonchev–Trinajstić information content (AvgIpc) is 2.59. The van der Waals surface area contributed by atoms with Crippen LogP contribution in [0.15, 0.2) is 53.0 Å². The molecule has 1 amide bonds. The molecule has 2 rings (SSSR count). The van der Waals surface area contributed by atoms with Crippen molar-refractivity contribution in [2.75, 3.05) is 27.2 Å². The Bertz CT molecular complexity index is 688. The van der Waals surface area contributed by atoms with Crippen molar-refractivity contribution in [3.05, 3.63) is 64.4 Å². The van der Waals surface area contributed by atoms with Crippen molar-refractivity contribution >= 4 is 34.2 Å². The number of hydrogen-bond donors (Lipinski definition) is 1. The van der Waals surface area contributed by atoms with Gasteiger partial charge in [0.2, 0.25) is 6.10 Å². The van der Waals surface area contributed by atoms with Crippen molar-refractivity contribution < 1.29 is 13.9 Å². The molecule has 7 heteroatoms. The summed E-state index contributed by atoms with van der Waals surface area (Å²) in [7, 11) is 3.57. The largest absolute Gasteiger partial charge is 0.475 e. The van der Waals surface area contributed by atoms with Gasteiger partial charge in [0, 0.05) is 25.7 Å². The van der Waals surface area contributed by atoms with Gasteiger partial charge in [0.05, 0.1) is 4.47 Å². The summed E-state index contributed by atoms with van der Waals surface area (Å²) in [4.78, 5) is 14.4. The number of ether oxygens (including phenoxy) is 1. The maximum Gasteiger partial charge on any atom is 0.268 e. The molecule has 0 heterocycles. The third-order valence-electron chi connectivity index (χ3n) is 3.54. The number of carbonyl (C=O) groups excluding carboxylic acids is 1. The number of likely N-dealkylation sites (N-methyl/N-ethyl adjacent to an activating group) is 2. The van der Waals surface area contributed by atoms with Crippen molar-refractivity contribution in [3.8, 4) is 5.75 Å². The molecule has 0 aliphatic heterocycles. The van der Waals surface area contributed by atoms with Gasteiger partial charge in [0.15, 0.2) is 0 Å². The molecule has 136 valence electrons. The van der Waals surface area contributed by atoms with E-state index < -0.39 is 6.10 Å². The Kier molecular flexibility index (Phi) is 8.89. The van der Waals surface area contributed by atoms with Crippen LogP contribution in [0.1, 0.15) is 11.7 Å². The normalized spacial score (nSPS) is 11.4. The first-order chi connectivity index (χ1) is 11.5. The summed E-state index contributed by atoms with van der Waals surface area (Å²) in [6, 6.07) is 13.4. The fraction of sp³-hybridized carbons (Fsp3) is 0.278. The van der Waals surface area contributed by atoms with Crippen LogP contribution in [0.25, 0.3) is 0 Å². The van der Waals surface area contributed by atoms with Crippen LogP contribution in [0.3, 0.4) is 0 Å². The van der Waals surface area contributed by atoms with Crippen LogP contribution >= 0.6 is 28.3 Å². The second kappa shape index (κ2) is 10.4. The van der Waals surface area contributed by atoms with E-state index in [0.29, 0.717) is 23.3 Å². The first-order valence-corrected chi connectivity index (χ1v) is 8.38. The standard InChI is InChI=1S/C18H20BrFN2O2.ClH/c1-21-10-11-22(2)18(23)17(13-6-4-3-5-7-13)24-16-9-8-14(20)12-15(16)19;/h3-9,12,17,21H,10-11H2,1-2H3;1H. The van der Waals surface area contributed by atoms with Gasteiger partial charge < -0.3 is 15.0 Å². The molecule has 0 saturated heterocycles. The third-order valence-corrected chi connectivity index (χ3v) is 4.16. The van der Waals surface area contributed by atoms with Crippen molar-refractivity contribution in [2.24, 2.45) is 0 Å². The van der Waals surface area contributed by atoms with Crippen LogP contribution in [-0.4, -0.2) is 38.0 Å². The van der Waals surface area contributed by atoms with Crippen molar-refractivity contribution in [3.63, 3.8) is 0 Å². The maximum absolute atomic E-state index is 13.3. The van der Waals surface area contributed by atoms with Crippen molar-refractivity contribution in [2.45, 2.75) is 6.10 Å². The topological polar surface area (TPSA) is 41.6 Å². The molecule has 0 aliphatic rings. The molecular weight excluding hydrogens is 411 g/mol. The van der Waals surface area contributed by atoms with Gasteiger partial charge in [-0.2, -0.15) is 0 Å². The first-order valence-electron chi connectivity index (χ1n) is 7.59. The quantitative estimate of drug-likeness (QED) is 0.725. The fourth-order valence-corrected chi connectivity index (χ4v) is 2.62. The van der Waals surface area contributed by atoms with Gasteiger partial charge in [0.25, 0.3) is 5.91 Å². The fourth-order valence-electron chi connectivity index (χ4n) is 2.18. The lowest BCUT2D eigenvalue weighted by atomic mass is 10.1. The van der Waals surface area contributed by atoms with Crippen molar-refractivity contribution in [1.82, 2.24) is 10.2 Å². The Morgan fingerprint density at radius 2 is 1.96 bits per heavy atom. The average molecular weight is 432 g/mol. The predicted molar refractivity (Wildman–Crippen MR) is 103 cm³/mol. The van der Waals surface area contributed by atoms with Gasteiger partial charge in [0.1, 0.15) is 11.6 Å². The Hall–Kier alpha value is -1.63. The molecule has 4 nitrogen and oxygen atoms in total. The highest BCUT2D eigenvalue weighted by Crippen LogP contribution is 2.30. The molecule has 1 atom stereocenters. The van der Waals surface area contributed by atoms with Crippen LogP contribution in [0, 0.1) is 5.82 Å². The lowest BCUT2D eigenvalue weighted by molar-refractivity contribution is -0.137. The van der Waals surface area contributed by atoms with Crippen LogP contribution < -0.4 is 10.1 Å². The van der Waals surface area contributed by atoms with E-state index in [4.69, 9.17) is 4.74 Å². The molecule has 25 heavy (non-hydrogen) atoms. The number of amides is 1. The van der Waals surface area contributed by atoms with Crippen LogP contribution in [-0.2, 0) is 4.79 Å². The number of hydrogen-bond acceptors (Lipinski definition) is 3. The minimum absolute atomic E-state index is 0. The van der Waals surface area contributed by atoms with Gasteiger partial charge in [-0.15, -0.1) is 12.4 Å². The highest BCUT2D eigenvalue weighted by molar-refractivity contribution is 9.10. The molecular formula is C18H21BrClFN2O2. The number of carbonyl (C=O) groups is 1. The third kappa shape index (κ3) is 5.99. The molecule has 0 aliphatic carbocycles. The highest BCUT2D eigenvalue weighted by Gasteiger charge is 2.26. The minimum atomic E-state index is -0.796. The van der Waals surface area contributed by atoms with E-state index in [1.54, 1.807) is 11.9 Å². The van der Waals surface area contributed by atoms with Gasteiger partial charge >= 0.3 is 0 Å². The number of rotatable bonds is 7. The van der Waals surface area contributed by atoms with E-state index in [0.717, 1.165) is 5.56 Å². The summed E-state index contributed by atoms with van der Waals surface area (Å²) in [5.74, 6) is -0.115. The molecule has 2 aromatic carbocycles. The number of nitrogens with zero attached hydrogens (tertiary/aromatic N) is 1. The number of benzene rings is 2. The minimum Gasteiger partial charge on any atom is -0.475 e. The van der Waals surface area contributed by atoms with E-state index in [1.807, 2.05) is 37.4 Å². The zero-order chi connectivity index (χ0) is 17.5. The summed E-state index contributed by atoms with van der Waals surface area (Å²) in [6.07, 6.45) is -0.796. The summed E-state index contributed by atoms with van der Waals surface area (Å²) in [6.45, 7) is 1.25. The lowest BCUT2D eigenvalue weighted by Gasteiger charge is -2.25. The SMILES string of the molecule is CNCCN(C)C(=O)C(Oc1ccc(F)cc1Br)c1ccccc1.Cl. The smallest absolute Gasteiger partial charge is 0.268 e. The van der Waals surface area contributed by atoms with E-state index in [-0.39, 0.29) is 24.1 Å². The molecule has 0 saturated carbocycles.